The molecule has 2 saturated carbocycles. The van der Waals surface area contributed by atoms with Crippen LogP contribution >= 0.6 is 0 Å². The molecule has 34 heavy (non-hydrogen) atoms. The highest BCUT2D eigenvalue weighted by molar-refractivity contribution is 5.75. The minimum atomic E-state index is -0.985. The van der Waals surface area contributed by atoms with Crippen LogP contribution in [0, 0.1) is 0 Å². The van der Waals surface area contributed by atoms with E-state index < -0.39 is 12.2 Å². The summed E-state index contributed by atoms with van der Waals surface area (Å²) in [6.45, 7) is 11.8. The van der Waals surface area contributed by atoms with Crippen molar-refractivity contribution in [2.75, 3.05) is 39.3 Å². The maximum Gasteiger partial charge on any atom is 0.317 e. The highest BCUT2D eigenvalue weighted by atomic mass is 19.1. The average Bonchev–Trinajstić information content (AvgIpc) is 3.56. The van der Waals surface area contributed by atoms with Crippen molar-refractivity contribution in [2.45, 2.75) is 101 Å². The van der Waals surface area contributed by atoms with Crippen LogP contribution in [0.1, 0.15) is 83.3 Å². The maximum atomic E-state index is 15.1. The smallest absolute Gasteiger partial charge is 0.317 e. The Morgan fingerprint density at radius 2 is 1.79 bits per heavy atom. The highest BCUT2D eigenvalue weighted by Crippen LogP contribution is 2.41. The molecular formula is C25H41FN6O2. The normalized spacial score (nSPS) is 31.1. The molecule has 2 aliphatic heterocycles. The lowest BCUT2D eigenvalue weighted by atomic mass is 9.79. The Bertz CT molecular complexity index is 842. The van der Waals surface area contributed by atoms with E-state index in [2.05, 4.69) is 46.0 Å². The number of carbonyl (C=O) groups is 1. The Kier molecular flexibility index (Phi) is 6.86. The summed E-state index contributed by atoms with van der Waals surface area (Å²) in [6, 6.07) is 0.0559. The molecule has 4 aliphatic rings. The van der Waals surface area contributed by atoms with Gasteiger partial charge in [-0.15, -0.1) is 0 Å². The number of nitrogens with zero attached hydrogens (tertiary/aromatic N) is 5. The van der Waals surface area contributed by atoms with Gasteiger partial charge in [0, 0.05) is 62.7 Å². The molecule has 5 rings (SSSR count). The topological polar surface area (TPSA) is 77.7 Å². The van der Waals surface area contributed by atoms with Crippen molar-refractivity contribution in [3.05, 3.63) is 11.7 Å². The number of alkyl halides is 1. The summed E-state index contributed by atoms with van der Waals surface area (Å²) < 4.78 is 20.6. The summed E-state index contributed by atoms with van der Waals surface area (Å²) in [5, 5.41) is 7.38. The fourth-order valence-electron chi connectivity index (χ4n) is 5.94. The predicted molar refractivity (Wildman–Crippen MR) is 128 cm³/mol. The fourth-order valence-corrected chi connectivity index (χ4v) is 5.94. The molecule has 2 aliphatic carbocycles. The number of hydrogen-bond acceptors (Lipinski definition) is 6. The fraction of sp³-hybridized carbons (Fsp3) is 0.880. The van der Waals surface area contributed by atoms with Crippen LogP contribution in [0.3, 0.4) is 0 Å². The van der Waals surface area contributed by atoms with Crippen LogP contribution in [0.4, 0.5) is 9.18 Å². The molecule has 0 spiro atoms. The van der Waals surface area contributed by atoms with Crippen molar-refractivity contribution in [3.63, 3.8) is 0 Å². The Morgan fingerprint density at radius 1 is 1.09 bits per heavy atom. The molecule has 9 heteroatoms. The number of rotatable bonds is 5. The van der Waals surface area contributed by atoms with Crippen LogP contribution in [-0.2, 0) is 5.41 Å². The van der Waals surface area contributed by atoms with E-state index in [-0.39, 0.29) is 17.5 Å². The summed E-state index contributed by atoms with van der Waals surface area (Å²) in [4.78, 5) is 24.6. The molecule has 3 heterocycles. The number of halogens is 1. The first kappa shape index (κ1) is 24.0. The molecule has 0 radical (unpaired) electrons. The van der Waals surface area contributed by atoms with Gasteiger partial charge in [0.25, 0.3) is 0 Å². The number of likely N-dealkylation sites (tertiary alicyclic amines) is 1. The van der Waals surface area contributed by atoms with Gasteiger partial charge < -0.3 is 14.7 Å². The van der Waals surface area contributed by atoms with Gasteiger partial charge in [0.15, 0.2) is 5.82 Å². The van der Waals surface area contributed by atoms with Crippen molar-refractivity contribution in [1.29, 1.82) is 0 Å². The largest absolute Gasteiger partial charge is 0.339 e. The number of amides is 2. The zero-order valence-corrected chi connectivity index (χ0v) is 21.0. The van der Waals surface area contributed by atoms with E-state index in [0.717, 1.165) is 76.4 Å². The van der Waals surface area contributed by atoms with E-state index in [1.807, 2.05) is 4.90 Å². The van der Waals surface area contributed by atoms with Gasteiger partial charge in [-0.1, -0.05) is 12.1 Å². The van der Waals surface area contributed by atoms with Gasteiger partial charge in [-0.2, -0.15) is 4.98 Å². The second-order valence-corrected chi connectivity index (χ2v) is 11.4. The van der Waals surface area contributed by atoms with E-state index in [0.29, 0.717) is 31.5 Å². The van der Waals surface area contributed by atoms with E-state index in [1.165, 1.54) is 0 Å². The molecule has 8 nitrogen and oxygen atoms in total. The third-order valence-electron chi connectivity index (χ3n) is 8.68. The summed E-state index contributed by atoms with van der Waals surface area (Å²) in [7, 11) is 0. The summed E-state index contributed by atoms with van der Waals surface area (Å²) >= 11 is 0. The Balaban J connectivity index is 1.17. The van der Waals surface area contributed by atoms with Crippen LogP contribution < -0.4 is 5.32 Å². The maximum absolute atomic E-state index is 15.1. The highest BCUT2D eigenvalue weighted by Gasteiger charge is 2.42. The SMILES string of the molecule is CC(C)N1CCN(C2CCC[C@@H](F)C2NC(=O)N2CCC(C)(c3noc(C4CC4)n3)CC2)CC1. The van der Waals surface area contributed by atoms with Crippen molar-refractivity contribution >= 4 is 6.03 Å². The Labute approximate surface area is 202 Å². The van der Waals surface area contributed by atoms with E-state index in [9.17, 15) is 4.79 Å². The van der Waals surface area contributed by atoms with Crippen LogP contribution in [0.15, 0.2) is 4.52 Å². The molecule has 2 saturated heterocycles. The number of hydrogen-bond donors (Lipinski definition) is 1. The zero-order chi connectivity index (χ0) is 23.9. The number of piperidine rings is 1. The average molecular weight is 477 g/mol. The van der Waals surface area contributed by atoms with E-state index >= 15 is 4.39 Å². The summed E-state index contributed by atoms with van der Waals surface area (Å²) in [5.74, 6) is 1.98. The second kappa shape index (κ2) is 9.72. The Hall–Kier alpha value is -1.74. The minimum Gasteiger partial charge on any atom is -0.339 e. The number of carbonyl (C=O) groups excluding carboxylic acids is 1. The van der Waals surface area contributed by atoms with Crippen LogP contribution in [0.2, 0.25) is 0 Å². The van der Waals surface area contributed by atoms with Gasteiger partial charge >= 0.3 is 6.03 Å². The van der Waals surface area contributed by atoms with Gasteiger partial charge in [-0.3, -0.25) is 9.80 Å². The molecule has 190 valence electrons. The zero-order valence-electron chi connectivity index (χ0n) is 21.0. The van der Waals surface area contributed by atoms with Crippen LogP contribution in [0.25, 0.3) is 0 Å². The molecule has 2 unspecified atom stereocenters. The minimum absolute atomic E-state index is 0.0808. The van der Waals surface area contributed by atoms with Crippen LogP contribution in [0.5, 0.6) is 0 Å². The first-order valence-corrected chi connectivity index (χ1v) is 13.4. The van der Waals surface area contributed by atoms with Gasteiger partial charge in [-0.25, -0.2) is 9.18 Å². The molecule has 2 amide bonds. The number of aromatic nitrogens is 2. The molecular weight excluding hydrogens is 435 g/mol. The van der Waals surface area contributed by atoms with Crippen molar-refractivity contribution in [3.8, 4) is 0 Å². The second-order valence-electron chi connectivity index (χ2n) is 11.4. The van der Waals surface area contributed by atoms with Crippen molar-refractivity contribution in [1.82, 2.24) is 30.2 Å². The van der Waals surface area contributed by atoms with Crippen molar-refractivity contribution in [2.24, 2.45) is 0 Å². The molecule has 3 atom stereocenters. The third kappa shape index (κ3) is 4.96. The van der Waals surface area contributed by atoms with Crippen molar-refractivity contribution < 1.29 is 13.7 Å². The predicted octanol–water partition coefficient (Wildman–Crippen LogP) is 3.30. The first-order valence-electron chi connectivity index (χ1n) is 13.4. The number of urea groups is 1. The van der Waals surface area contributed by atoms with Gasteiger partial charge in [0.1, 0.15) is 6.17 Å². The Morgan fingerprint density at radius 3 is 2.44 bits per heavy atom. The lowest BCUT2D eigenvalue weighted by Gasteiger charge is -2.46. The van der Waals surface area contributed by atoms with Gasteiger partial charge in [0.2, 0.25) is 5.89 Å². The summed E-state index contributed by atoms with van der Waals surface area (Å²) in [6.07, 6.45) is 5.23. The molecule has 4 fully saturated rings. The third-order valence-corrected chi connectivity index (χ3v) is 8.68. The standard InChI is InChI=1S/C25H41FN6O2/c1-17(2)30-13-15-31(16-14-30)20-6-4-5-19(26)21(20)27-24(33)32-11-9-25(3,10-12-32)23-28-22(34-29-23)18-7-8-18/h17-21H,4-16H2,1-3H3,(H,27,33)/t19-,20?,21?/m1/s1. The molecule has 0 aromatic carbocycles. The molecule has 1 N–H and O–H groups in total. The number of nitrogens with one attached hydrogen (secondary N) is 1. The molecule has 1 aromatic rings. The molecule has 1 aromatic heterocycles. The molecule has 0 bridgehead atoms. The monoisotopic (exact) mass is 476 g/mol. The quantitative estimate of drug-likeness (QED) is 0.703. The van der Waals surface area contributed by atoms with Crippen LogP contribution in [-0.4, -0.2) is 94.4 Å². The van der Waals surface area contributed by atoms with E-state index in [4.69, 9.17) is 4.52 Å². The van der Waals surface area contributed by atoms with Gasteiger partial charge in [-0.05, 0) is 58.8 Å². The van der Waals surface area contributed by atoms with E-state index in [1.54, 1.807) is 0 Å². The summed E-state index contributed by atoms with van der Waals surface area (Å²) in [5.41, 5.74) is -0.181. The lowest BCUT2D eigenvalue weighted by Crippen LogP contribution is -2.63. The first-order chi connectivity index (χ1) is 16.3. The lowest BCUT2D eigenvalue weighted by molar-refractivity contribution is 0.0264. The number of piperazine rings is 1. The van der Waals surface area contributed by atoms with Gasteiger partial charge in [0.05, 0.1) is 6.04 Å².